The fourth-order valence-corrected chi connectivity index (χ4v) is 4.57. The molecule has 1 fully saturated rings. The Morgan fingerprint density at radius 1 is 1.00 bits per heavy atom. The number of anilines is 4. The Hall–Kier alpha value is -4.58. The number of rotatable bonds is 9. The number of carbonyl (C=O) groups is 1. The van der Waals surface area contributed by atoms with E-state index >= 15 is 0 Å². The smallest absolute Gasteiger partial charge is 0.369 e. The molecule has 0 spiro atoms. The van der Waals surface area contributed by atoms with Crippen LogP contribution in [-0.2, 0) is 6.18 Å². The zero-order valence-electron chi connectivity index (χ0n) is 22.4. The number of halogens is 3. The van der Waals surface area contributed by atoms with E-state index in [1.54, 1.807) is 24.4 Å². The van der Waals surface area contributed by atoms with E-state index in [4.69, 9.17) is 0 Å². The minimum atomic E-state index is -4.54. The van der Waals surface area contributed by atoms with Crippen LogP contribution in [0, 0.1) is 6.92 Å². The van der Waals surface area contributed by atoms with Crippen LogP contribution >= 0.6 is 0 Å². The van der Waals surface area contributed by atoms with Gasteiger partial charge in [-0.3, -0.25) is 4.79 Å². The number of carbonyl (C=O) groups excluding carboxylic acids is 1. The van der Waals surface area contributed by atoms with Gasteiger partial charge in [-0.15, -0.1) is 0 Å². The number of aryl methyl sites for hydroxylation is 1. The third-order valence-corrected chi connectivity index (χ3v) is 6.79. The summed E-state index contributed by atoms with van der Waals surface area (Å²) >= 11 is 0. The summed E-state index contributed by atoms with van der Waals surface area (Å²) in [5.74, 6) is 0.532. The van der Waals surface area contributed by atoms with Crippen LogP contribution in [0.1, 0.15) is 34.3 Å². The molecule has 0 atom stereocenters. The highest BCUT2D eigenvalue weighted by Gasteiger charge is 2.31. The number of nitrogens with one attached hydrogen (secondary N) is 3. The lowest BCUT2D eigenvalue weighted by atomic mass is 10.1. The predicted octanol–water partition coefficient (Wildman–Crippen LogP) is 5.76. The normalized spacial score (nSPS) is 13.7. The highest BCUT2D eigenvalue weighted by atomic mass is 19.4. The fraction of sp³-hybridized carbons (Fsp3) is 0.276. The van der Waals surface area contributed by atoms with Crippen LogP contribution < -0.4 is 16.0 Å². The number of hydrogen-bond acceptors (Lipinski definition) is 8. The van der Waals surface area contributed by atoms with E-state index in [1.165, 1.54) is 37.6 Å². The average molecular weight is 563 g/mol. The van der Waals surface area contributed by atoms with Gasteiger partial charge in [-0.2, -0.15) is 13.2 Å². The van der Waals surface area contributed by atoms with Crippen molar-refractivity contribution in [1.82, 2.24) is 24.8 Å². The molecule has 4 aromatic rings. The summed E-state index contributed by atoms with van der Waals surface area (Å²) in [5.41, 5.74) is 2.20. The molecule has 41 heavy (non-hydrogen) atoms. The maximum atomic E-state index is 13.1. The molecule has 0 saturated carbocycles. The molecule has 1 saturated heterocycles. The maximum Gasteiger partial charge on any atom is 0.416 e. The first-order valence-electron chi connectivity index (χ1n) is 13.2. The molecule has 3 heterocycles. The standard InChI is InChI=1S/C29H29F3N8O/c1-19-7-8-22(38-28(41)20-5-4-6-21(13-20)29(30,31)32)14-24(19)39-27-23(16-33-17-37-27)25-15-26(36-18-35-25)34-9-12-40-10-2-3-11-40/h4-8,13-18H,2-3,9-12H2,1H3,(H,38,41)(H,33,37,39)(H,34,35,36). The van der Waals surface area contributed by atoms with Crippen molar-refractivity contribution < 1.29 is 18.0 Å². The molecule has 1 amide bonds. The van der Waals surface area contributed by atoms with Gasteiger partial charge in [-0.25, -0.2) is 19.9 Å². The molecule has 0 radical (unpaired) electrons. The first kappa shape index (κ1) is 28.0. The third-order valence-electron chi connectivity index (χ3n) is 6.79. The van der Waals surface area contributed by atoms with Crippen molar-refractivity contribution in [3.63, 3.8) is 0 Å². The lowest BCUT2D eigenvalue weighted by molar-refractivity contribution is -0.137. The van der Waals surface area contributed by atoms with Crippen LogP contribution in [0.2, 0.25) is 0 Å². The van der Waals surface area contributed by atoms with Crippen LogP contribution in [-0.4, -0.2) is 56.9 Å². The van der Waals surface area contributed by atoms with Gasteiger partial charge in [0.25, 0.3) is 5.91 Å². The lowest BCUT2D eigenvalue weighted by Crippen LogP contribution is -2.26. The van der Waals surface area contributed by atoms with Crippen LogP contribution in [0.5, 0.6) is 0 Å². The van der Waals surface area contributed by atoms with Crippen molar-refractivity contribution >= 4 is 28.9 Å². The molecule has 2 aromatic heterocycles. The number of alkyl halides is 3. The van der Waals surface area contributed by atoms with Crippen molar-refractivity contribution in [3.05, 3.63) is 84.1 Å². The molecule has 0 unspecified atom stereocenters. The second kappa shape index (κ2) is 12.3. The van der Waals surface area contributed by atoms with Gasteiger partial charge in [0.05, 0.1) is 16.8 Å². The Bertz CT molecular complexity index is 1520. The summed E-state index contributed by atoms with van der Waals surface area (Å²) < 4.78 is 39.3. The molecule has 0 bridgehead atoms. The van der Waals surface area contributed by atoms with Gasteiger partial charge < -0.3 is 20.9 Å². The van der Waals surface area contributed by atoms with Crippen molar-refractivity contribution in [2.45, 2.75) is 25.9 Å². The van der Waals surface area contributed by atoms with Crippen LogP contribution in [0.15, 0.2) is 67.4 Å². The minimum absolute atomic E-state index is 0.0957. The van der Waals surface area contributed by atoms with Crippen molar-refractivity contribution in [2.75, 3.05) is 42.1 Å². The minimum Gasteiger partial charge on any atom is -0.369 e. The summed E-state index contributed by atoms with van der Waals surface area (Å²) in [6.45, 7) is 5.85. The molecule has 12 heteroatoms. The summed E-state index contributed by atoms with van der Waals surface area (Å²) in [4.78, 5) is 32.5. The van der Waals surface area contributed by atoms with Gasteiger partial charge in [-0.05, 0) is 68.8 Å². The number of benzene rings is 2. The quantitative estimate of drug-likeness (QED) is 0.236. The second-order valence-electron chi connectivity index (χ2n) is 9.74. The molecular formula is C29H29F3N8O. The molecule has 2 aromatic carbocycles. The van der Waals surface area contributed by atoms with Gasteiger partial charge in [0.15, 0.2) is 0 Å². The number of aromatic nitrogens is 4. The Kier molecular flexibility index (Phi) is 8.39. The van der Waals surface area contributed by atoms with Gasteiger partial charge in [0.1, 0.15) is 24.3 Å². The van der Waals surface area contributed by atoms with E-state index in [9.17, 15) is 18.0 Å². The molecule has 212 valence electrons. The van der Waals surface area contributed by atoms with E-state index in [2.05, 4.69) is 40.8 Å². The Labute approximate surface area is 235 Å². The summed E-state index contributed by atoms with van der Waals surface area (Å²) in [6, 6.07) is 11.3. The zero-order valence-corrected chi connectivity index (χ0v) is 22.4. The SMILES string of the molecule is Cc1ccc(NC(=O)c2cccc(C(F)(F)F)c2)cc1Nc1ncncc1-c1cc(NCCN2CCCC2)ncn1. The van der Waals surface area contributed by atoms with Gasteiger partial charge in [0.2, 0.25) is 0 Å². The van der Waals surface area contributed by atoms with E-state index in [0.717, 1.165) is 43.9 Å². The van der Waals surface area contributed by atoms with E-state index in [0.29, 0.717) is 34.3 Å². The summed E-state index contributed by atoms with van der Waals surface area (Å²) in [6.07, 6.45) is 2.50. The third kappa shape index (κ3) is 7.14. The number of hydrogen-bond donors (Lipinski definition) is 3. The zero-order chi connectivity index (χ0) is 28.8. The van der Waals surface area contributed by atoms with Gasteiger partial charge in [-0.1, -0.05) is 12.1 Å². The first-order valence-corrected chi connectivity index (χ1v) is 13.2. The molecule has 3 N–H and O–H groups in total. The molecule has 1 aliphatic heterocycles. The second-order valence-corrected chi connectivity index (χ2v) is 9.74. The summed E-state index contributed by atoms with van der Waals surface area (Å²) in [7, 11) is 0. The Morgan fingerprint density at radius 2 is 1.83 bits per heavy atom. The largest absolute Gasteiger partial charge is 0.416 e. The van der Waals surface area contributed by atoms with Crippen molar-refractivity contribution in [3.8, 4) is 11.3 Å². The molecule has 1 aliphatic rings. The Balaban J connectivity index is 1.31. The maximum absolute atomic E-state index is 13.1. The van der Waals surface area contributed by atoms with Gasteiger partial charge in [0, 0.05) is 42.3 Å². The summed E-state index contributed by atoms with van der Waals surface area (Å²) in [5, 5.41) is 9.31. The Morgan fingerprint density at radius 3 is 2.63 bits per heavy atom. The van der Waals surface area contributed by atoms with Gasteiger partial charge >= 0.3 is 6.18 Å². The van der Waals surface area contributed by atoms with E-state index in [1.807, 2.05) is 13.0 Å². The molecule has 9 nitrogen and oxygen atoms in total. The lowest BCUT2D eigenvalue weighted by Gasteiger charge is -2.16. The topological polar surface area (TPSA) is 108 Å². The van der Waals surface area contributed by atoms with E-state index in [-0.39, 0.29) is 5.56 Å². The van der Waals surface area contributed by atoms with Crippen LogP contribution in [0.25, 0.3) is 11.3 Å². The number of likely N-dealkylation sites (tertiary alicyclic amines) is 1. The first-order chi connectivity index (χ1) is 19.8. The number of amides is 1. The number of nitrogens with zero attached hydrogens (tertiary/aromatic N) is 5. The van der Waals surface area contributed by atoms with Crippen LogP contribution in [0.4, 0.5) is 36.2 Å². The molecule has 5 rings (SSSR count). The molecule has 0 aliphatic carbocycles. The fourth-order valence-electron chi connectivity index (χ4n) is 4.57. The molecular weight excluding hydrogens is 533 g/mol. The predicted molar refractivity (Wildman–Crippen MR) is 151 cm³/mol. The van der Waals surface area contributed by atoms with Crippen LogP contribution in [0.3, 0.4) is 0 Å². The average Bonchev–Trinajstić information content (AvgIpc) is 3.48. The van der Waals surface area contributed by atoms with Crippen molar-refractivity contribution in [2.24, 2.45) is 0 Å². The highest BCUT2D eigenvalue weighted by molar-refractivity contribution is 6.04. The highest BCUT2D eigenvalue weighted by Crippen LogP contribution is 2.31. The van der Waals surface area contributed by atoms with Crippen molar-refractivity contribution in [1.29, 1.82) is 0 Å². The monoisotopic (exact) mass is 562 g/mol. The van der Waals surface area contributed by atoms with E-state index < -0.39 is 17.6 Å².